The fraction of sp³-hybridized carbons (Fsp3) is 0.300. The predicted octanol–water partition coefficient (Wildman–Crippen LogP) is 3.35. The van der Waals surface area contributed by atoms with Gasteiger partial charge < -0.3 is 15.2 Å². The van der Waals surface area contributed by atoms with E-state index in [9.17, 15) is 9.18 Å². The highest BCUT2D eigenvalue weighted by molar-refractivity contribution is 5.85. The number of nitrogens with one attached hydrogen (secondary N) is 1. The minimum atomic E-state index is -0.898. The van der Waals surface area contributed by atoms with Crippen LogP contribution in [-0.4, -0.2) is 24.2 Å². The SMILES string of the molecule is Cl.N#Cc1ccc2c(c1)COC2(CCCNCC(=O)O)c1ccc(F)cc1. The molecule has 3 rings (SSSR count). The van der Waals surface area contributed by atoms with E-state index in [0.717, 1.165) is 16.7 Å². The molecule has 0 bridgehead atoms. The Morgan fingerprint density at radius 3 is 2.70 bits per heavy atom. The van der Waals surface area contributed by atoms with Crippen molar-refractivity contribution in [3.63, 3.8) is 0 Å². The van der Waals surface area contributed by atoms with Gasteiger partial charge in [0.25, 0.3) is 0 Å². The van der Waals surface area contributed by atoms with Crippen molar-refractivity contribution in [2.24, 2.45) is 0 Å². The lowest BCUT2D eigenvalue weighted by Crippen LogP contribution is -2.30. The molecule has 0 amide bonds. The Balaban J connectivity index is 0.00000261. The highest BCUT2D eigenvalue weighted by Crippen LogP contribution is 2.45. The van der Waals surface area contributed by atoms with Crippen molar-refractivity contribution in [2.45, 2.75) is 25.0 Å². The number of ether oxygens (including phenoxy) is 1. The summed E-state index contributed by atoms with van der Waals surface area (Å²) in [5.41, 5.74) is 2.63. The van der Waals surface area contributed by atoms with Crippen molar-refractivity contribution in [1.29, 1.82) is 5.26 Å². The number of nitriles is 1. The van der Waals surface area contributed by atoms with Gasteiger partial charge in [0, 0.05) is 0 Å². The molecule has 0 fully saturated rings. The smallest absolute Gasteiger partial charge is 0.317 e. The van der Waals surface area contributed by atoms with Crippen LogP contribution >= 0.6 is 12.4 Å². The van der Waals surface area contributed by atoms with Crippen molar-refractivity contribution in [3.05, 3.63) is 70.5 Å². The number of rotatable bonds is 7. The second-order valence-corrected chi connectivity index (χ2v) is 6.28. The van der Waals surface area contributed by atoms with Crippen LogP contribution in [0.4, 0.5) is 4.39 Å². The summed E-state index contributed by atoms with van der Waals surface area (Å²) in [6.45, 7) is 0.821. The fourth-order valence-electron chi connectivity index (χ4n) is 3.42. The van der Waals surface area contributed by atoms with Crippen molar-refractivity contribution < 1.29 is 19.0 Å². The van der Waals surface area contributed by atoms with E-state index in [1.807, 2.05) is 12.1 Å². The second kappa shape index (κ2) is 8.96. The van der Waals surface area contributed by atoms with Gasteiger partial charge in [0.2, 0.25) is 0 Å². The zero-order valence-electron chi connectivity index (χ0n) is 14.6. The third-order valence-electron chi connectivity index (χ3n) is 4.61. The first kappa shape index (κ1) is 20.8. The van der Waals surface area contributed by atoms with Gasteiger partial charge in [-0.3, -0.25) is 4.79 Å². The van der Waals surface area contributed by atoms with Crippen LogP contribution in [0, 0.1) is 17.1 Å². The molecule has 5 nitrogen and oxygen atoms in total. The van der Waals surface area contributed by atoms with E-state index >= 15 is 0 Å². The molecule has 2 aromatic rings. The molecule has 0 aliphatic carbocycles. The summed E-state index contributed by atoms with van der Waals surface area (Å²) in [6, 6.07) is 13.9. The van der Waals surface area contributed by atoms with E-state index in [1.54, 1.807) is 18.2 Å². The third-order valence-corrected chi connectivity index (χ3v) is 4.61. The molecule has 0 aromatic heterocycles. The summed E-state index contributed by atoms with van der Waals surface area (Å²) >= 11 is 0. The molecular formula is C20H20ClFN2O3. The number of carboxylic acid groups (broad SMARTS) is 1. The van der Waals surface area contributed by atoms with Gasteiger partial charge in [0.15, 0.2) is 0 Å². The number of carbonyl (C=O) groups is 1. The van der Waals surface area contributed by atoms with Gasteiger partial charge in [0.05, 0.1) is 24.8 Å². The van der Waals surface area contributed by atoms with E-state index in [-0.39, 0.29) is 24.8 Å². The molecule has 1 aliphatic heterocycles. The van der Waals surface area contributed by atoms with Crippen molar-refractivity contribution in [3.8, 4) is 6.07 Å². The number of benzene rings is 2. The van der Waals surface area contributed by atoms with E-state index < -0.39 is 11.6 Å². The molecule has 1 unspecified atom stereocenters. The maximum atomic E-state index is 13.4. The predicted molar refractivity (Wildman–Crippen MR) is 100 cm³/mol. The van der Waals surface area contributed by atoms with Crippen LogP contribution in [0.1, 0.15) is 35.1 Å². The molecule has 0 radical (unpaired) electrons. The Hall–Kier alpha value is -2.46. The molecule has 2 N–H and O–H groups in total. The first-order valence-corrected chi connectivity index (χ1v) is 8.41. The number of hydrogen-bond acceptors (Lipinski definition) is 4. The lowest BCUT2D eigenvalue weighted by molar-refractivity contribution is -0.135. The monoisotopic (exact) mass is 390 g/mol. The Kier molecular flexibility index (Phi) is 6.92. The van der Waals surface area contributed by atoms with Gasteiger partial charge in [-0.25, -0.2) is 4.39 Å². The highest BCUT2D eigenvalue weighted by atomic mass is 35.5. The summed E-state index contributed by atoms with van der Waals surface area (Å²) < 4.78 is 19.6. The minimum Gasteiger partial charge on any atom is -0.480 e. The molecule has 2 aromatic carbocycles. The number of fused-ring (bicyclic) bond motifs is 1. The standard InChI is InChI=1S/C20H19FN2O3.ClH/c21-17-5-3-16(4-6-17)20(8-1-9-23-12-19(24)25)18-7-2-14(11-22)10-15(18)13-26-20;/h2-7,10,23H,1,8-9,12-13H2,(H,24,25);1H. The maximum Gasteiger partial charge on any atom is 0.317 e. The van der Waals surface area contributed by atoms with Crippen LogP contribution in [0.25, 0.3) is 0 Å². The third kappa shape index (κ3) is 4.45. The number of nitrogens with zero attached hydrogens (tertiary/aromatic N) is 1. The average molecular weight is 391 g/mol. The van der Waals surface area contributed by atoms with Gasteiger partial charge in [-0.2, -0.15) is 5.26 Å². The van der Waals surface area contributed by atoms with Gasteiger partial charge in [-0.05, 0) is 60.3 Å². The highest BCUT2D eigenvalue weighted by Gasteiger charge is 2.41. The Morgan fingerprint density at radius 2 is 2.04 bits per heavy atom. The summed E-state index contributed by atoms with van der Waals surface area (Å²) in [6.07, 6.45) is 1.30. The topological polar surface area (TPSA) is 82.3 Å². The van der Waals surface area contributed by atoms with Crippen LogP contribution in [-0.2, 0) is 21.7 Å². The zero-order chi connectivity index (χ0) is 18.6. The summed E-state index contributed by atoms with van der Waals surface area (Å²) in [5, 5.41) is 20.7. The minimum absolute atomic E-state index is 0. The van der Waals surface area contributed by atoms with E-state index in [2.05, 4.69) is 11.4 Å². The summed E-state index contributed by atoms with van der Waals surface area (Å²) in [5.74, 6) is -1.21. The Bertz CT molecular complexity index is 851. The summed E-state index contributed by atoms with van der Waals surface area (Å²) in [4.78, 5) is 10.6. The molecule has 27 heavy (non-hydrogen) atoms. The van der Waals surface area contributed by atoms with Gasteiger partial charge in [-0.1, -0.05) is 18.2 Å². The normalized spacial score (nSPS) is 17.6. The molecule has 0 spiro atoms. The fourth-order valence-corrected chi connectivity index (χ4v) is 3.42. The van der Waals surface area contributed by atoms with E-state index in [1.165, 1.54) is 12.1 Å². The van der Waals surface area contributed by atoms with Crippen molar-refractivity contribution in [2.75, 3.05) is 13.1 Å². The summed E-state index contributed by atoms with van der Waals surface area (Å²) in [7, 11) is 0. The van der Waals surface area contributed by atoms with E-state index in [4.69, 9.17) is 15.1 Å². The molecule has 142 valence electrons. The van der Waals surface area contributed by atoms with Crippen LogP contribution in [0.2, 0.25) is 0 Å². The molecule has 7 heteroatoms. The van der Waals surface area contributed by atoms with Crippen LogP contribution in [0.3, 0.4) is 0 Å². The molecule has 0 saturated heterocycles. The van der Waals surface area contributed by atoms with Crippen LogP contribution in [0.5, 0.6) is 0 Å². The first-order valence-electron chi connectivity index (χ1n) is 8.41. The number of carboxylic acids is 1. The lowest BCUT2D eigenvalue weighted by atomic mass is 9.81. The second-order valence-electron chi connectivity index (χ2n) is 6.28. The van der Waals surface area contributed by atoms with Crippen LogP contribution < -0.4 is 5.32 Å². The molecule has 1 heterocycles. The van der Waals surface area contributed by atoms with Crippen molar-refractivity contribution in [1.82, 2.24) is 5.32 Å². The van der Waals surface area contributed by atoms with Gasteiger partial charge >= 0.3 is 5.97 Å². The number of halogens is 2. The zero-order valence-corrected chi connectivity index (χ0v) is 15.4. The quantitative estimate of drug-likeness (QED) is 0.708. The molecule has 1 atom stereocenters. The molecule has 1 aliphatic rings. The van der Waals surface area contributed by atoms with Crippen molar-refractivity contribution >= 4 is 18.4 Å². The number of aliphatic carboxylic acids is 1. The molecular weight excluding hydrogens is 371 g/mol. The van der Waals surface area contributed by atoms with Crippen LogP contribution in [0.15, 0.2) is 42.5 Å². The lowest BCUT2D eigenvalue weighted by Gasteiger charge is -2.30. The van der Waals surface area contributed by atoms with E-state index in [0.29, 0.717) is 31.6 Å². The first-order chi connectivity index (χ1) is 12.5. The molecule has 0 saturated carbocycles. The largest absolute Gasteiger partial charge is 0.480 e. The Morgan fingerprint density at radius 1 is 1.30 bits per heavy atom. The number of hydrogen-bond donors (Lipinski definition) is 2. The maximum absolute atomic E-state index is 13.4. The van der Waals surface area contributed by atoms with Gasteiger partial charge in [0.1, 0.15) is 11.4 Å². The Labute approximate surface area is 163 Å². The van der Waals surface area contributed by atoms with Gasteiger partial charge in [-0.15, -0.1) is 12.4 Å². The average Bonchev–Trinajstić information content (AvgIpc) is 3.00.